The molecule has 0 aliphatic rings. The van der Waals surface area contributed by atoms with E-state index in [1.54, 1.807) is 7.11 Å². The van der Waals surface area contributed by atoms with Crippen LogP contribution in [0.1, 0.15) is 36.8 Å². The van der Waals surface area contributed by atoms with Gasteiger partial charge in [0.2, 0.25) is 0 Å². The molecule has 2 aromatic carbocycles. The monoisotopic (exact) mass is 526 g/mol. The van der Waals surface area contributed by atoms with Crippen molar-refractivity contribution in [2.75, 3.05) is 20.2 Å². The number of nitrogens with one attached hydrogen (secondary N) is 2. The molecule has 0 spiro atoms. The van der Waals surface area contributed by atoms with Gasteiger partial charge in [-0.3, -0.25) is 0 Å². The predicted octanol–water partition coefficient (Wildman–Crippen LogP) is 5.80. The van der Waals surface area contributed by atoms with Crippen molar-refractivity contribution in [1.29, 1.82) is 0 Å². The maximum absolute atomic E-state index is 11.7. The topological polar surface area (TPSA) is 59.6 Å². The van der Waals surface area contributed by atoms with E-state index in [0.29, 0.717) is 13.2 Å². The van der Waals surface area contributed by atoms with Crippen LogP contribution < -0.4 is 15.4 Å². The second-order valence-corrected chi connectivity index (χ2v) is 8.43. The van der Waals surface area contributed by atoms with Gasteiger partial charge in [-0.2, -0.15) is 0 Å². The van der Waals surface area contributed by atoms with E-state index in [-0.39, 0.29) is 6.09 Å². The summed E-state index contributed by atoms with van der Waals surface area (Å²) in [6.45, 7) is 2.65. The van der Waals surface area contributed by atoms with Crippen molar-refractivity contribution in [1.82, 2.24) is 10.6 Å². The molecule has 0 heterocycles. The summed E-state index contributed by atoms with van der Waals surface area (Å²) in [7, 11) is 1.68. The van der Waals surface area contributed by atoms with Crippen LogP contribution in [0.3, 0.4) is 0 Å². The summed E-state index contributed by atoms with van der Waals surface area (Å²) in [5, 5.41) is 6.26. The zero-order valence-corrected chi connectivity index (χ0v) is 19.9. The number of hydrogen-bond donors (Lipinski definition) is 2. The van der Waals surface area contributed by atoms with Crippen LogP contribution in [-0.2, 0) is 17.9 Å². The van der Waals surface area contributed by atoms with Crippen molar-refractivity contribution < 1.29 is 14.3 Å². The highest BCUT2D eigenvalue weighted by molar-refractivity contribution is 9.11. The number of rotatable bonds is 12. The Morgan fingerprint density at radius 3 is 2.45 bits per heavy atom. The van der Waals surface area contributed by atoms with Gasteiger partial charge in [-0.25, -0.2) is 4.79 Å². The summed E-state index contributed by atoms with van der Waals surface area (Å²) in [6.07, 6.45) is 3.88. The number of benzene rings is 2. The molecular formula is C22H28Br2N2O3. The van der Waals surface area contributed by atoms with E-state index in [2.05, 4.69) is 48.6 Å². The van der Waals surface area contributed by atoms with Crippen LogP contribution in [0.25, 0.3) is 0 Å². The number of hydrogen-bond acceptors (Lipinski definition) is 4. The zero-order valence-electron chi connectivity index (χ0n) is 16.7. The number of carbonyl (C=O) groups excluding carboxylic acids is 1. The smallest absolute Gasteiger partial charge is 0.407 e. The third-order valence-electron chi connectivity index (χ3n) is 4.37. The Bertz CT molecular complexity index is 757. The Balaban J connectivity index is 1.49. The average Bonchev–Trinajstić information content (AvgIpc) is 2.71. The molecule has 2 N–H and O–H groups in total. The minimum absolute atomic E-state index is 0.303. The molecule has 29 heavy (non-hydrogen) atoms. The summed E-state index contributed by atoms with van der Waals surface area (Å²) in [5.74, 6) is 0.867. The van der Waals surface area contributed by atoms with Crippen molar-refractivity contribution in [3.63, 3.8) is 0 Å². The molecule has 1 amide bonds. The van der Waals surface area contributed by atoms with Gasteiger partial charge < -0.3 is 20.1 Å². The van der Waals surface area contributed by atoms with Crippen molar-refractivity contribution in [2.45, 2.75) is 38.8 Å². The van der Waals surface area contributed by atoms with Gasteiger partial charge in [0.25, 0.3) is 0 Å². The Morgan fingerprint density at radius 1 is 1.00 bits per heavy atom. The Morgan fingerprint density at radius 2 is 1.72 bits per heavy atom. The van der Waals surface area contributed by atoms with E-state index in [1.165, 1.54) is 0 Å². The lowest BCUT2D eigenvalue weighted by atomic mass is 10.1. The molecule has 0 aliphatic carbocycles. The van der Waals surface area contributed by atoms with Gasteiger partial charge in [-0.1, -0.05) is 59.1 Å². The number of ether oxygens (including phenoxy) is 2. The number of carbonyl (C=O) groups is 1. The standard InChI is InChI=1S/C22H28Br2N2O3/c1-28-21-18(13-19(23)14-20(21)24)15-25-11-7-2-3-8-12-26-22(27)29-16-17-9-5-4-6-10-17/h4-6,9-10,13-14,25H,2-3,7-8,11-12,15-16H2,1H3,(H,26,27). The minimum Gasteiger partial charge on any atom is -0.495 e. The molecule has 0 aliphatic heterocycles. The molecule has 5 nitrogen and oxygen atoms in total. The van der Waals surface area contributed by atoms with Crippen LogP contribution in [0.15, 0.2) is 51.4 Å². The second kappa shape index (κ2) is 13.6. The molecule has 0 fully saturated rings. The molecule has 7 heteroatoms. The van der Waals surface area contributed by atoms with Crippen molar-refractivity contribution >= 4 is 38.0 Å². The van der Waals surface area contributed by atoms with E-state index in [9.17, 15) is 4.79 Å². The normalized spacial score (nSPS) is 10.6. The van der Waals surface area contributed by atoms with Gasteiger partial charge in [0.05, 0.1) is 11.6 Å². The van der Waals surface area contributed by atoms with Gasteiger partial charge >= 0.3 is 6.09 Å². The maximum atomic E-state index is 11.7. The highest BCUT2D eigenvalue weighted by Crippen LogP contribution is 2.32. The quantitative estimate of drug-likeness (QED) is 0.342. The second-order valence-electron chi connectivity index (χ2n) is 6.66. The molecule has 158 valence electrons. The third-order valence-corrected chi connectivity index (χ3v) is 5.41. The van der Waals surface area contributed by atoms with E-state index < -0.39 is 0 Å². The summed E-state index contributed by atoms with van der Waals surface area (Å²) in [5.41, 5.74) is 2.11. The SMILES string of the molecule is COc1c(Br)cc(Br)cc1CNCCCCCCNC(=O)OCc1ccccc1. The zero-order chi connectivity index (χ0) is 20.9. The number of methoxy groups -OCH3 is 1. The van der Waals surface area contributed by atoms with Gasteiger partial charge in [0.1, 0.15) is 12.4 Å². The fourth-order valence-corrected chi connectivity index (χ4v) is 4.37. The predicted molar refractivity (Wildman–Crippen MR) is 123 cm³/mol. The van der Waals surface area contributed by atoms with Gasteiger partial charge in [-0.05, 0) is 53.0 Å². The lowest BCUT2D eigenvalue weighted by Crippen LogP contribution is -2.25. The number of unbranched alkanes of at least 4 members (excludes halogenated alkanes) is 3. The molecule has 0 atom stereocenters. The number of halogens is 2. The van der Waals surface area contributed by atoms with E-state index in [4.69, 9.17) is 9.47 Å². The van der Waals surface area contributed by atoms with E-state index >= 15 is 0 Å². The van der Waals surface area contributed by atoms with Crippen LogP contribution >= 0.6 is 31.9 Å². The van der Waals surface area contributed by atoms with Crippen LogP contribution in [0.2, 0.25) is 0 Å². The first-order chi connectivity index (χ1) is 14.1. The first-order valence-corrected chi connectivity index (χ1v) is 11.4. The van der Waals surface area contributed by atoms with Crippen LogP contribution in [-0.4, -0.2) is 26.3 Å². The molecule has 0 aromatic heterocycles. The molecule has 0 saturated heterocycles. The Kier molecular flexibility index (Phi) is 11.1. The lowest BCUT2D eigenvalue weighted by Gasteiger charge is -2.12. The Hall–Kier alpha value is -1.57. The lowest BCUT2D eigenvalue weighted by molar-refractivity contribution is 0.139. The molecule has 0 bridgehead atoms. The number of alkyl carbamates (subject to hydrolysis) is 1. The Labute approximate surface area is 189 Å². The minimum atomic E-state index is -0.357. The molecule has 0 radical (unpaired) electrons. The average molecular weight is 528 g/mol. The highest BCUT2D eigenvalue weighted by atomic mass is 79.9. The summed E-state index contributed by atoms with van der Waals surface area (Å²) in [4.78, 5) is 11.7. The fourth-order valence-electron chi connectivity index (χ4n) is 2.89. The molecule has 0 saturated carbocycles. The van der Waals surface area contributed by atoms with Crippen LogP contribution in [0.4, 0.5) is 4.79 Å². The molecule has 2 rings (SSSR count). The van der Waals surface area contributed by atoms with Crippen LogP contribution in [0.5, 0.6) is 5.75 Å². The van der Waals surface area contributed by atoms with Crippen LogP contribution in [0, 0.1) is 0 Å². The fraction of sp³-hybridized carbons (Fsp3) is 0.409. The number of amides is 1. The van der Waals surface area contributed by atoms with Gasteiger partial charge in [-0.15, -0.1) is 0 Å². The summed E-state index contributed by atoms with van der Waals surface area (Å²) < 4.78 is 12.6. The largest absolute Gasteiger partial charge is 0.495 e. The summed E-state index contributed by atoms with van der Waals surface area (Å²) >= 11 is 7.04. The first kappa shape index (κ1) is 23.7. The molecular weight excluding hydrogens is 500 g/mol. The first-order valence-electron chi connectivity index (χ1n) is 9.77. The van der Waals surface area contributed by atoms with Gasteiger partial charge in [0, 0.05) is 23.1 Å². The van der Waals surface area contributed by atoms with Crippen molar-refractivity contribution in [3.8, 4) is 5.75 Å². The maximum Gasteiger partial charge on any atom is 0.407 e. The molecule has 0 unspecified atom stereocenters. The summed E-state index contributed by atoms with van der Waals surface area (Å²) in [6, 6.07) is 13.7. The highest BCUT2D eigenvalue weighted by Gasteiger charge is 2.08. The third kappa shape index (κ3) is 9.19. The van der Waals surface area contributed by atoms with Gasteiger partial charge in [0.15, 0.2) is 0 Å². The van der Waals surface area contributed by atoms with Crippen molar-refractivity contribution in [2.24, 2.45) is 0 Å². The van der Waals surface area contributed by atoms with E-state index in [1.807, 2.05) is 36.4 Å². The van der Waals surface area contributed by atoms with E-state index in [0.717, 1.165) is 64.6 Å². The van der Waals surface area contributed by atoms with Crippen molar-refractivity contribution in [3.05, 3.63) is 62.5 Å². The molecule has 2 aromatic rings.